The van der Waals surface area contributed by atoms with Gasteiger partial charge in [-0.2, -0.15) is 0 Å². The van der Waals surface area contributed by atoms with Crippen molar-refractivity contribution in [2.45, 2.75) is 18.2 Å². The van der Waals surface area contributed by atoms with Crippen LogP contribution < -0.4 is 10.5 Å². The highest BCUT2D eigenvalue weighted by Crippen LogP contribution is 2.18. The van der Waals surface area contributed by atoms with Gasteiger partial charge in [0.1, 0.15) is 0 Å². The first-order valence-corrected chi connectivity index (χ1v) is 6.89. The second-order valence-corrected chi connectivity index (χ2v) is 5.37. The number of carboxylic acids is 1. The molecule has 0 unspecified atom stereocenters. The average Bonchev–Trinajstić information content (AvgIpc) is 2.34. The number of nitrogens with one attached hydrogen (secondary N) is 1. The van der Waals surface area contributed by atoms with Crippen LogP contribution in [0, 0.1) is 11.8 Å². The van der Waals surface area contributed by atoms with E-state index < -0.39 is 16.0 Å². The Hall–Kier alpha value is -2.04. The van der Waals surface area contributed by atoms with Gasteiger partial charge in [-0.05, 0) is 25.1 Å². The Morgan fingerprint density at radius 1 is 1.47 bits per heavy atom. The van der Waals surface area contributed by atoms with Crippen LogP contribution in [0.5, 0.6) is 0 Å². The van der Waals surface area contributed by atoms with Gasteiger partial charge in [0.25, 0.3) is 0 Å². The van der Waals surface area contributed by atoms with Gasteiger partial charge in [0.15, 0.2) is 0 Å². The van der Waals surface area contributed by atoms with Crippen LogP contribution in [-0.2, 0) is 10.0 Å². The molecule has 7 heteroatoms. The maximum atomic E-state index is 12.0. The molecule has 0 fully saturated rings. The molecule has 0 amide bonds. The lowest BCUT2D eigenvalue weighted by molar-refractivity contribution is 0.0692. The SMILES string of the molecule is CC#CCCNS(=O)(=O)c1ccc(N)cc1C(=O)O. The summed E-state index contributed by atoms with van der Waals surface area (Å²) in [6.45, 7) is 1.77. The molecule has 19 heavy (non-hydrogen) atoms. The highest BCUT2D eigenvalue weighted by atomic mass is 32.2. The van der Waals surface area contributed by atoms with Crippen molar-refractivity contribution in [2.75, 3.05) is 12.3 Å². The third-order valence-electron chi connectivity index (χ3n) is 2.24. The number of hydrogen-bond donors (Lipinski definition) is 3. The summed E-state index contributed by atoms with van der Waals surface area (Å²) in [6.07, 6.45) is 0.354. The van der Waals surface area contributed by atoms with Crippen LogP contribution in [0.3, 0.4) is 0 Å². The number of sulfonamides is 1. The fourth-order valence-corrected chi connectivity index (χ4v) is 2.61. The molecule has 0 aliphatic rings. The molecule has 0 aliphatic heterocycles. The Balaban J connectivity index is 3.06. The summed E-state index contributed by atoms with van der Waals surface area (Å²) in [5.41, 5.74) is 5.29. The van der Waals surface area contributed by atoms with Crippen LogP contribution in [-0.4, -0.2) is 26.0 Å². The molecule has 1 aromatic rings. The van der Waals surface area contributed by atoms with Crippen LogP contribution in [0.4, 0.5) is 5.69 Å². The second-order valence-electron chi connectivity index (χ2n) is 3.64. The van der Waals surface area contributed by atoms with Gasteiger partial charge in [-0.3, -0.25) is 0 Å². The van der Waals surface area contributed by atoms with Crippen LogP contribution >= 0.6 is 0 Å². The lowest BCUT2D eigenvalue weighted by atomic mass is 10.2. The van der Waals surface area contributed by atoms with E-state index in [9.17, 15) is 13.2 Å². The molecule has 0 atom stereocenters. The van der Waals surface area contributed by atoms with Gasteiger partial charge in [0, 0.05) is 18.7 Å². The molecule has 0 saturated heterocycles. The summed E-state index contributed by atoms with van der Waals surface area (Å²) in [4.78, 5) is 10.7. The van der Waals surface area contributed by atoms with Gasteiger partial charge in [-0.25, -0.2) is 17.9 Å². The summed E-state index contributed by atoms with van der Waals surface area (Å²) in [7, 11) is -3.89. The molecule has 0 aliphatic carbocycles. The zero-order valence-electron chi connectivity index (χ0n) is 10.3. The normalized spacial score (nSPS) is 10.6. The fraction of sp³-hybridized carbons (Fsp3) is 0.250. The van der Waals surface area contributed by atoms with E-state index in [1.807, 2.05) is 0 Å². The van der Waals surface area contributed by atoms with E-state index in [0.29, 0.717) is 6.42 Å². The number of carbonyl (C=O) groups is 1. The molecule has 1 aromatic carbocycles. The van der Waals surface area contributed by atoms with E-state index in [4.69, 9.17) is 10.8 Å². The van der Waals surface area contributed by atoms with E-state index in [1.54, 1.807) is 6.92 Å². The minimum absolute atomic E-state index is 0.118. The van der Waals surface area contributed by atoms with E-state index in [1.165, 1.54) is 12.1 Å². The summed E-state index contributed by atoms with van der Waals surface area (Å²) in [5, 5.41) is 8.99. The zero-order chi connectivity index (χ0) is 14.5. The Labute approximate surface area is 111 Å². The Morgan fingerprint density at radius 3 is 2.74 bits per heavy atom. The minimum atomic E-state index is -3.89. The van der Waals surface area contributed by atoms with Crippen LogP contribution in [0.25, 0.3) is 0 Å². The Kier molecular flexibility index (Phi) is 4.92. The van der Waals surface area contributed by atoms with Crippen molar-refractivity contribution in [1.29, 1.82) is 0 Å². The average molecular weight is 282 g/mol. The quantitative estimate of drug-likeness (QED) is 0.417. The largest absolute Gasteiger partial charge is 0.478 e. The first kappa shape index (κ1) is 15.0. The number of nitrogen functional groups attached to an aromatic ring is 1. The number of benzene rings is 1. The van der Waals surface area contributed by atoms with Gasteiger partial charge in [-0.1, -0.05) is 0 Å². The predicted octanol–water partition coefficient (Wildman–Crippen LogP) is 0.659. The molecule has 0 heterocycles. The molecule has 0 saturated carbocycles. The number of hydrogen-bond acceptors (Lipinski definition) is 4. The van der Waals surface area contributed by atoms with Gasteiger partial charge in [0.05, 0.1) is 10.5 Å². The molecule has 4 N–H and O–H groups in total. The molecule has 1 rings (SSSR count). The number of anilines is 1. The maximum absolute atomic E-state index is 12.0. The third-order valence-corrected chi connectivity index (χ3v) is 3.76. The van der Waals surface area contributed by atoms with E-state index in [0.717, 1.165) is 6.07 Å². The van der Waals surface area contributed by atoms with Crippen molar-refractivity contribution in [3.05, 3.63) is 23.8 Å². The first-order chi connectivity index (χ1) is 8.88. The van der Waals surface area contributed by atoms with E-state index in [2.05, 4.69) is 16.6 Å². The topological polar surface area (TPSA) is 109 Å². The summed E-state index contributed by atoms with van der Waals surface area (Å²) >= 11 is 0. The summed E-state index contributed by atoms with van der Waals surface area (Å²) in [5.74, 6) is 3.99. The Morgan fingerprint density at radius 2 is 2.16 bits per heavy atom. The molecule has 0 spiro atoms. The standard InChI is InChI=1S/C12H14N2O4S/c1-2-3-4-7-14-19(17,18)11-6-5-9(13)8-10(11)12(15)16/h5-6,8,14H,4,7,13H2,1H3,(H,15,16). The molecule has 6 nitrogen and oxygen atoms in total. The van der Waals surface area contributed by atoms with Crippen LogP contribution in [0.15, 0.2) is 23.1 Å². The second kappa shape index (κ2) is 6.22. The fourth-order valence-electron chi connectivity index (χ4n) is 1.40. The number of carboxylic acid groups (broad SMARTS) is 1. The number of nitrogens with two attached hydrogens (primary N) is 1. The number of aromatic carboxylic acids is 1. The third kappa shape index (κ3) is 3.98. The van der Waals surface area contributed by atoms with Crippen molar-refractivity contribution in [3.8, 4) is 11.8 Å². The van der Waals surface area contributed by atoms with Crippen LogP contribution in [0.1, 0.15) is 23.7 Å². The van der Waals surface area contributed by atoms with Crippen molar-refractivity contribution in [1.82, 2.24) is 4.72 Å². The smallest absolute Gasteiger partial charge is 0.337 e. The summed E-state index contributed by atoms with van der Waals surface area (Å²) < 4.78 is 26.2. The van der Waals surface area contributed by atoms with Crippen molar-refractivity contribution >= 4 is 21.7 Å². The zero-order valence-corrected chi connectivity index (χ0v) is 11.1. The van der Waals surface area contributed by atoms with E-state index in [-0.39, 0.29) is 22.7 Å². The van der Waals surface area contributed by atoms with Gasteiger partial charge < -0.3 is 10.8 Å². The van der Waals surface area contributed by atoms with Crippen molar-refractivity contribution in [3.63, 3.8) is 0 Å². The lowest BCUT2D eigenvalue weighted by Gasteiger charge is -2.09. The van der Waals surface area contributed by atoms with Crippen LogP contribution in [0.2, 0.25) is 0 Å². The molecule has 102 valence electrons. The maximum Gasteiger partial charge on any atom is 0.337 e. The molecular formula is C12H14N2O4S. The van der Waals surface area contributed by atoms with Crippen molar-refractivity contribution < 1.29 is 18.3 Å². The number of rotatable bonds is 5. The molecule has 0 radical (unpaired) electrons. The monoisotopic (exact) mass is 282 g/mol. The summed E-state index contributed by atoms with van der Waals surface area (Å²) in [6, 6.07) is 3.63. The molecule has 0 bridgehead atoms. The first-order valence-electron chi connectivity index (χ1n) is 5.40. The lowest BCUT2D eigenvalue weighted by Crippen LogP contribution is -2.26. The van der Waals surface area contributed by atoms with Gasteiger partial charge >= 0.3 is 5.97 Å². The van der Waals surface area contributed by atoms with Crippen molar-refractivity contribution in [2.24, 2.45) is 0 Å². The highest BCUT2D eigenvalue weighted by molar-refractivity contribution is 7.89. The molecule has 0 aromatic heterocycles. The Bertz CT molecular complexity index is 641. The minimum Gasteiger partial charge on any atom is -0.478 e. The predicted molar refractivity (Wildman–Crippen MR) is 71.1 cm³/mol. The van der Waals surface area contributed by atoms with E-state index >= 15 is 0 Å². The van der Waals surface area contributed by atoms with Gasteiger partial charge in [-0.15, -0.1) is 11.8 Å². The van der Waals surface area contributed by atoms with Gasteiger partial charge in [0.2, 0.25) is 10.0 Å². The molecular weight excluding hydrogens is 268 g/mol. The highest BCUT2D eigenvalue weighted by Gasteiger charge is 2.21.